The summed E-state index contributed by atoms with van der Waals surface area (Å²) < 4.78 is 7.33. The molecule has 0 spiro atoms. The van der Waals surface area contributed by atoms with Crippen LogP contribution < -0.4 is 10.9 Å². The molecule has 3 rings (SSSR count). The van der Waals surface area contributed by atoms with E-state index >= 15 is 0 Å². The Kier molecular flexibility index (Phi) is 6.78. The summed E-state index contributed by atoms with van der Waals surface area (Å²) in [5.74, 6) is 0.132. The summed E-state index contributed by atoms with van der Waals surface area (Å²) >= 11 is 7.33. The van der Waals surface area contributed by atoms with Crippen LogP contribution in [-0.2, 0) is 16.1 Å². The fourth-order valence-electron chi connectivity index (χ4n) is 2.99. The van der Waals surface area contributed by atoms with E-state index in [2.05, 4.69) is 10.3 Å². The van der Waals surface area contributed by atoms with E-state index in [-0.39, 0.29) is 29.4 Å². The van der Waals surface area contributed by atoms with Crippen LogP contribution in [0.1, 0.15) is 33.1 Å². The van der Waals surface area contributed by atoms with Crippen molar-refractivity contribution >= 4 is 40.2 Å². The summed E-state index contributed by atoms with van der Waals surface area (Å²) in [5.41, 5.74) is 0.415. The van der Waals surface area contributed by atoms with Gasteiger partial charge in [0.2, 0.25) is 5.91 Å². The predicted molar refractivity (Wildman–Crippen MR) is 109 cm³/mol. The van der Waals surface area contributed by atoms with E-state index in [9.17, 15) is 9.59 Å². The van der Waals surface area contributed by atoms with Crippen molar-refractivity contribution in [3.63, 3.8) is 0 Å². The van der Waals surface area contributed by atoms with Gasteiger partial charge in [-0.25, -0.2) is 4.98 Å². The monoisotopic (exact) mass is 409 g/mol. The Morgan fingerprint density at radius 1 is 1.52 bits per heavy atom. The minimum atomic E-state index is -0.128. The third-order valence-corrected chi connectivity index (χ3v) is 5.86. The van der Waals surface area contributed by atoms with Crippen LogP contribution in [0.15, 0.2) is 28.2 Å². The van der Waals surface area contributed by atoms with Gasteiger partial charge in [0.1, 0.15) is 0 Å². The number of halogens is 1. The molecular formula is C19H24ClN3O3S. The highest BCUT2D eigenvalue weighted by Gasteiger charge is 2.21. The van der Waals surface area contributed by atoms with Gasteiger partial charge >= 0.3 is 0 Å². The Bertz CT molecular complexity index is 880. The molecule has 1 fully saturated rings. The van der Waals surface area contributed by atoms with Crippen LogP contribution >= 0.6 is 23.4 Å². The highest BCUT2D eigenvalue weighted by Crippen LogP contribution is 2.22. The highest BCUT2D eigenvalue weighted by atomic mass is 35.5. The first-order valence-electron chi connectivity index (χ1n) is 9.21. The van der Waals surface area contributed by atoms with Crippen LogP contribution in [0.2, 0.25) is 5.02 Å². The molecular weight excluding hydrogens is 386 g/mol. The summed E-state index contributed by atoms with van der Waals surface area (Å²) in [6, 6.07) is 5.19. The molecule has 0 aliphatic carbocycles. The number of aromatic nitrogens is 2. The van der Waals surface area contributed by atoms with Gasteiger partial charge in [-0.1, -0.05) is 30.3 Å². The van der Waals surface area contributed by atoms with E-state index in [1.165, 1.54) is 11.8 Å². The molecule has 0 unspecified atom stereocenters. The van der Waals surface area contributed by atoms with Crippen molar-refractivity contribution in [2.75, 3.05) is 12.4 Å². The second kappa shape index (κ2) is 9.08. The lowest BCUT2D eigenvalue weighted by Crippen LogP contribution is -2.34. The van der Waals surface area contributed by atoms with Crippen LogP contribution in [-0.4, -0.2) is 40.0 Å². The number of carbonyl (C=O) groups excluding carboxylic acids is 1. The zero-order chi connectivity index (χ0) is 19.4. The number of amides is 1. The van der Waals surface area contributed by atoms with E-state index in [4.69, 9.17) is 16.3 Å². The van der Waals surface area contributed by atoms with Crippen LogP contribution in [0.5, 0.6) is 0 Å². The number of fused-ring (bicyclic) bond motifs is 1. The molecule has 0 radical (unpaired) electrons. The minimum Gasteiger partial charge on any atom is -0.376 e. The molecule has 0 saturated carbocycles. The van der Waals surface area contributed by atoms with Gasteiger partial charge in [-0.15, -0.1) is 0 Å². The second-order valence-corrected chi connectivity index (χ2v) is 8.15. The summed E-state index contributed by atoms with van der Waals surface area (Å²) in [5, 5.41) is 4.49. The van der Waals surface area contributed by atoms with Gasteiger partial charge < -0.3 is 10.1 Å². The van der Waals surface area contributed by atoms with Crippen LogP contribution in [0.25, 0.3) is 10.9 Å². The molecule has 8 heteroatoms. The quantitative estimate of drug-likeness (QED) is 0.561. The van der Waals surface area contributed by atoms with Crippen molar-refractivity contribution in [2.45, 2.75) is 57.0 Å². The number of nitrogens with zero attached hydrogens (tertiary/aromatic N) is 2. The molecule has 146 valence electrons. The topological polar surface area (TPSA) is 73.2 Å². The third kappa shape index (κ3) is 5.03. The molecule has 1 amide bonds. The lowest BCUT2D eigenvalue weighted by atomic mass is 10.2. The molecule has 2 atom stereocenters. The van der Waals surface area contributed by atoms with Crippen molar-refractivity contribution in [3.05, 3.63) is 33.6 Å². The lowest BCUT2D eigenvalue weighted by molar-refractivity contribution is -0.119. The first-order chi connectivity index (χ1) is 13.0. The maximum atomic E-state index is 13.0. The number of thioether (sulfide) groups is 1. The average molecular weight is 410 g/mol. The fraction of sp³-hybridized carbons (Fsp3) is 0.526. The summed E-state index contributed by atoms with van der Waals surface area (Å²) in [4.78, 5) is 29.8. The fourth-order valence-corrected chi connectivity index (χ4v) is 3.97. The van der Waals surface area contributed by atoms with Crippen molar-refractivity contribution < 1.29 is 9.53 Å². The van der Waals surface area contributed by atoms with Crippen molar-refractivity contribution in [3.8, 4) is 0 Å². The molecule has 2 heterocycles. The van der Waals surface area contributed by atoms with Gasteiger partial charge in [0, 0.05) is 17.7 Å². The van der Waals surface area contributed by atoms with Gasteiger partial charge in [-0.3, -0.25) is 14.2 Å². The Morgan fingerprint density at radius 2 is 2.33 bits per heavy atom. The van der Waals surface area contributed by atoms with Gasteiger partial charge in [0.25, 0.3) is 5.56 Å². The van der Waals surface area contributed by atoms with E-state index in [1.54, 1.807) is 22.8 Å². The SMILES string of the molecule is CC[C@H](C)NC(=O)CSc1nc2cc(Cl)ccc2c(=O)n1C[C@@H]1CCCO1. The number of nitrogens with one attached hydrogen (secondary N) is 1. The third-order valence-electron chi connectivity index (χ3n) is 4.64. The second-order valence-electron chi connectivity index (χ2n) is 6.77. The molecule has 1 saturated heterocycles. The molecule has 0 bridgehead atoms. The molecule has 1 aliphatic heterocycles. The van der Waals surface area contributed by atoms with Crippen LogP contribution in [0.4, 0.5) is 0 Å². The number of hydrogen-bond acceptors (Lipinski definition) is 5. The zero-order valence-electron chi connectivity index (χ0n) is 15.5. The lowest BCUT2D eigenvalue weighted by Gasteiger charge is -2.17. The molecule has 1 aliphatic rings. The number of ether oxygens (including phenoxy) is 1. The molecule has 1 N–H and O–H groups in total. The average Bonchev–Trinajstić information content (AvgIpc) is 3.15. The van der Waals surface area contributed by atoms with Crippen molar-refractivity contribution in [2.24, 2.45) is 0 Å². The van der Waals surface area contributed by atoms with Crippen molar-refractivity contribution in [1.82, 2.24) is 14.9 Å². The van der Waals surface area contributed by atoms with E-state index < -0.39 is 0 Å². The molecule has 6 nitrogen and oxygen atoms in total. The highest BCUT2D eigenvalue weighted by molar-refractivity contribution is 7.99. The minimum absolute atomic E-state index is 0.00235. The zero-order valence-corrected chi connectivity index (χ0v) is 17.1. The summed E-state index contributed by atoms with van der Waals surface area (Å²) in [6.07, 6.45) is 2.79. The molecule has 2 aromatic rings. The van der Waals surface area contributed by atoms with Gasteiger partial charge in [0.05, 0.1) is 29.3 Å². The van der Waals surface area contributed by atoms with Gasteiger partial charge in [-0.05, 0) is 44.4 Å². The molecule has 1 aromatic carbocycles. The first kappa shape index (κ1) is 20.2. The molecule has 27 heavy (non-hydrogen) atoms. The first-order valence-corrected chi connectivity index (χ1v) is 10.6. The Balaban J connectivity index is 1.90. The Morgan fingerprint density at radius 3 is 3.04 bits per heavy atom. The maximum Gasteiger partial charge on any atom is 0.262 e. The maximum absolute atomic E-state index is 13.0. The Hall–Kier alpha value is -1.57. The van der Waals surface area contributed by atoms with Gasteiger partial charge in [0.15, 0.2) is 5.16 Å². The normalized spacial score (nSPS) is 18.0. The number of hydrogen-bond donors (Lipinski definition) is 1. The standard InChI is InChI=1S/C19H24ClN3O3S/c1-3-12(2)21-17(24)11-27-19-22-16-9-13(20)6-7-15(16)18(25)23(19)10-14-5-4-8-26-14/h6-7,9,12,14H,3-5,8,10-11H2,1-2H3,(H,21,24)/t12-,14-/m0/s1. The number of benzene rings is 1. The van der Waals surface area contributed by atoms with Gasteiger partial charge in [-0.2, -0.15) is 0 Å². The van der Waals surface area contributed by atoms with Crippen LogP contribution in [0, 0.1) is 0 Å². The van der Waals surface area contributed by atoms with E-state index in [0.717, 1.165) is 25.9 Å². The Labute approximate surface area is 167 Å². The largest absolute Gasteiger partial charge is 0.376 e. The number of rotatable bonds is 7. The van der Waals surface area contributed by atoms with Crippen LogP contribution in [0.3, 0.4) is 0 Å². The predicted octanol–water partition coefficient (Wildman–Crippen LogP) is 3.24. The number of carbonyl (C=O) groups is 1. The van der Waals surface area contributed by atoms with Crippen molar-refractivity contribution in [1.29, 1.82) is 0 Å². The molecule has 1 aromatic heterocycles. The summed E-state index contributed by atoms with van der Waals surface area (Å²) in [6.45, 7) is 5.15. The summed E-state index contributed by atoms with van der Waals surface area (Å²) in [7, 11) is 0. The smallest absolute Gasteiger partial charge is 0.262 e. The van der Waals surface area contributed by atoms with E-state index in [0.29, 0.717) is 27.6 Å². The van der Waals surface area contributed by atoms with E-state index in [1.807, 2.05) is 13.8 Å².